The van der Waals surface area contributed by atoms with Crippen molar-refractivity contribution < 1.29 is 18.9 Å². The van der Waals surface area contributed by atoms with E-state index >= 15 is 0 Å². The Morgan fingerprint density at radius 2 is 2.15 bits per heavy atom. The number of anilines is 1. The Morgan fingerprint density at radius 1 is 1.37 bits per heavy atom. The SMILES string of the molecule is COc1ccc(NC(=O)[C@@H](C)Sc2nc3ccc(Cl)cc3o2)c([N+](=O)[O-])c1. The van der Waals surface area contributed by atoms with Gasteiger partial charge in [-0.25, -0.2) is 4.98 Å². The molecule has 10 heteroatoms. The van der Waals surface area contributed by atoms with Crippen LogP contribution < -0.4 is 10.1 Å². The molecule has 0 aliphatic rings. The van der Waals surface area contributed by atoms with E-state index < -0.39 is 16.1 Å². The molecule has 2 aromatic carbocycles. The molecule has 1 amide bonds. The summed E-state index contributed by atoms with van der Waals surface area (Å²) in [4.78, 5) is 27.4. The van der Waals surface area contributed by atoms with Crippen molar-refractivity contribution in [1.82, 2.24) is 4.98 Å². The van der Waals surface area contributed by atoms with E-state index in [1.807, 2.05) is 0 Å². The first-order chi connectivity index (χ1) is 12.9. The van der Waals surface area contributed by atoms with Gasteiger partial charge in [-0.1, -0.05) is 23.4 Å². The zero-order chi connectivity index (χ0) is 19.6. The van der Waals surface area contributed by atoms with Crippen LogP contribution >= 0.6 is 23.4 Å². The van der Waals surface area contributed by atoms with E-state index in [0.717, 1.165) is 11.8 Å². The molecule has 0 aliphatic heterocycles. The van der Waals surface area contributed by atoms with Crippen molar-refractivity contribution >= 4 is 51.7 Å². The average Bonchev–Trinajstić information content (AvgIpc) is 3.02. The van der Waals surface area contributed by atoms with Crippen LogP contribution in [-0.4, -0.2) is 28.2 Å². The maximum absolute atomic E-state index is 12.4. The maximum Gasteiger partial charge on any atom is 0.296 e. The molecule has 0 radical (unpaired) electrons. The summed E-state index contributed by atoms with van der Waals surface area (Å²) in [5.74, 6) is -0.0965. The monoisotopic (exact) mass is 407 g/mol. The van der Waals surface area contributed by atoms with Gasteiger partial charge in [-0.3, -0.25) is 14.9 Å². The molecule has 1 N–H and O–H groups in total. The number of nitrogens with one attached hydrogen (secondary N) is 1. The predicted molar refractivity (Wildman–Crippen MR) is 103 cm³/mol. The van der Waals surface area contributed by atoms with Crippen molar-refractivity contribution in [3.8, 4) is 5.75 Å². The lowest BCUT2D eigenvalue weighted by atomic mass is 10.2. The molecule has 8 nitrogen and oxygen atoms in total. The number of aromatic nitrogens is 1. The molecule has 3 aromatic rings. The number of benzene rings is 2. The Kier molecular flexibility index (Phi) is 5.52. The number of oxazole rings is 1. The molecular weight excluding hydrogens is 394 g/mol. The molecule has 0 unspecified atom stereocenters. The fraction of sp³-hybridized carbons (Fsp3) is 0.176. The van der Waals surface area contributed by atoms with Gasteiger partial charge in [0, 0.05) is 11.1 Å². The Labute approximate surface area is 163 Å². The summed E-state index contributed by atoms with van der Waals surface area (Å²) in [6, 6.07) is 9.26. The summed E-state index contributed by atoms with van der Waals surface area (Å²) >= 11 is 7.01. The van der Waals surface area contributed by atoms with Crippen molar-refractivity contribution in [3.63, 3.8) is 0 Å². The highest BCUT2D eigenvalue weighted by Gasteiger charge is 2.22. The highest BCUT2D eigenvalue weighted by molar-refractivity contribution is 8.00. The lowest BCUT2D eigenvalue weighted by Gasteiger charge is -2.11. The lowest BCUT2D eigenvalue weighted by molar-refractivity contribution is -0.384. The van der Waals surface area contributed by atoms with Crippen molar-refractivity contribution in [2.45, 2.75) is 17.4 Å². The quantitative estimate of drug-likeness (QED) is 0.363. The minimum absolute atomic E-state index is 0.0857. The first-order valence-corrected chi connectivity index (χ1v) is 8.99. The number of amides is 1. The number of rotatable bonds is 6. The summed E-state index contributed by atoms with van der Waals surface area (Å²) in [6.45, 7) is 1.65. The van der Waals surface area contributed by atoms with Crippen molar-refractivity contribution in [1.29, 1.82) is 0 Å². The van der Waals surface area contributed by atoms with Gasteiger partial charge in [-0.2, -0.15) is 0 Å². The zero-order valence-corrected chi connectivity index (χ0v) is 15.8. The van der Waals surface area contributed by atoms with Gasteiger partial charge in [0.25, 0.3) is 10.9 Å². The topological polar surface area (TPSA) is 108 Å². The van der Waals surface area contributed by atoms with Crippen molar-refractivity contribution in [2.24, 2.45) is 0 Å². The van der Waals surface area contributed by atoms with E-state index in [1.54, 1.807) is 25.1 Å². The van der Waals surface area contributed by atoms with Crippen LogP contribution in [0.3, 0.4) is 0 Å². The predicted octanol–water partition coefficient (Wildman–Crippen LogP) is 4.52. The van der Waals surface area contributed by atoms with E-state index in [9.17, 15) is 14.9 Å². The molecule has 27 heavy (non-hydrogen) atoms. The molecule has 0 saturated heterocycles. The van der Waals surface area contributed by atoms with Gasteiger partial charge in [-0.15, -0.1) is 0 Å². The number of carbonyl (C=O) groups excluding carboxylic acids is 1. The number of fused-ring (bicyclic) bond motifs is 1. The van der Waals surface area contributed by atoms with Crippen LogP contribution in [0.15, 0.2) is 46.0 Å². The summed E-state index contributed by atoms with van der Waals surface area (Å²) in [6.07, 6.45) is 0. The minimum Gasteiger partial charge on any atom is -0.496 e. The maximum atomic E-state index is 12.4. The Balaban J connectivity index is 1.74. The van der Waals surface area contributed by atoms with Gasteiger partial charge in [0.1, 0.15) is 17.0 Å². The second-order valence-electron chi connectivity index (χ2n) is 5.48. The van der Waals surface area contributed by atoms with Crippen LogP contribution in [0.2, 0.25) is 5.02 Å². The largest absolute Gasteiger partial charge is 0.496 e. The summed E-state index contributed by atoms with van der Waals surface area (Å²) in [7, 11) is 1.41. The van der Waals surface area contributed by atoms with Crippen LogP contribution in [0.4, 0.5) is 11.4 Å². The van der Waals surface area contributed by atoms with Crippen molar-refractivity contribution in [3.05, 3.63) is 51.5 Å². The Hall–Kier alpha value is -2.78. The molecule has 0 fully saturated rings. The van der Waals surface area contributed by atoms with Crippen LogP contribution in [0.1, 0.15) is 6.92 Å². The lowest BCUT2D eigenvalue weighted by Crippen LogP contribution is -2.22. The van der Waals surface area contributed by atoms with E-state index in [2.05, 4.69) is 10.3 Å². The molecular formula is C17H14ClN3O5S. The minimum atomic E-state index is -0.602. The zero-order valence-electron chi connectivity index (χ0n) is 14.3. The highest BCUT2D eigenvalue weighted by Crippen LogP contribution is 2.31. The first kappa shape index (κ1) is 19.0. The number of ether oxygens (including phenoxy) is 1. The van der Waals surface area contributed by atoms with Crippen LogP contribution in [0.25, 0.3) is 11.1 Å². The number of nitrogens with zero attached hydrogens (tertiary/aromatic N) is 2. The number of nitro groups is 1. The van der Waals surface area contributed by atoms with Gasteiger partial charge in [0.15, 0.2) is 5.58 Å². The number of hydrogen-bond acceptors (Lipinski definition) is 7. The summed E-state index contributed by atoms with van der Waals surface area (Å²) < 4.78 is 10.6. The fourth-order valence-electron chi connectivity index (χ4n) is 2.26. The third-order valence-electron chi connectivity index (χ3n) is 3.64. The molecule has 1 heterocycles. The number of methoxy groups -OCH3 is 1. The van der Waals surface area contributed by atoms with Gasteiger partial charge in [0.05, 0.1) is 23.3 Å². The second-order valence-corrected chi connectivity index (χ2v) is 7.21. The highest BCUT2D eigenvalue weighted by atomic mass is 35.5. The summed E-state index contributed by atoms with van der Waals surface area (Å²) in [5.41, 5.74) is 0.975. The number of nitro benzene ring substituents is 1. The third kappa shape index (κ3) is 4.32. The molecule has 0 saturated carbocycles. The van der Waals surface area contributed by atoms with Gasteiger partial charge in [-0.05, 0) is 31.2 Å². The molecule has 0 bridgehead atoms. The van der Waals surface area contributed by atoms with E-state index in [1.165, 1.54) is 25.3 Å². The van der Waals surface area contributed by atoms with Crippen LogP contribution in [0, 0.1) is 10.1 Å². The molecule has 1 aromatic heterocycles. The molecule has 140 valence electrons. The van der Waals surface area contributed by atoms with E-state index in [4.69, 9.17) is 20.8 Å². The number of carbonyl (C=O) groups is 1. The Bertz CT molecular complexity index is 1020. The summed E-state index contributed by atoms with van der Waals surface area (Å²) in [5, 5.41) is 14.0. The Morgan fingerprint density at radius 3 is 2.85 bits per heavy atom. The number of halogens is 1. The first-order valence-electron chi connectivity index (χ1n) is 7.73. The van der Waals surface area contributed by atoms with Crippen LogP contribution in [-0.2, 0) is 4.79 Å². The molecule has 3 rings (SSSR count). The second kappa shape index (κ2) is 7.85. The van der Waals surface area contributed by atoms with E-state index in [0.29, 0.717) is 27.1 Å². The van der Waals surface area contributed by atoms with Gasteiger partial charge < -0.3 is 14.5 Å². The fourth-order valence-corrected chi connectivity index (χ4v) is 3.18. The van der Waals surface area contributed by atoms with Crippen LogP contribution in [0.5, 0.6) is 5.75 Å². The van der Waals surface area contributed by atoms with Crippen molar-refractivity contribution in [2.75, 3.05) is 12.4 Å². The van der Waals surface area contributed by atoms with Gasteiger partial charge in [0.2, 0.25) is 5.91 Å². The number of hydrogen-bond donors (Lipinski definition) is 1. The molecule has 0 spiro atoms. The number of thioether (sulfide) groups is 1. The molecule has 1 atom stereocenters. The molecule has 0 aliphatic carbocycles. The smallest absolute Gasteiger partial charge is 0.296 e. The standard InChI is InChI=1S/C17H14ClN3O5S/c1-9(27-17-20-13-5-3-10(18)7-15(13)26-17)16(22)19-12-6-4-11(25-2)8-14(12)21(23)24/h3-9H,1-2H3,(H,19,22)/t9-/m1/s1. The van der Waals surface area contributed by atoms with E-state index in [-0.39, 0.29) is 11.4 Å². The third-order valence-corrected chi connectivity index (χ3v) is 4.82. The average molecular weight is 408 g/mol. The normalized spacial score (nSPS) is 12.0. The van der Waals surface area contributed by atoms with Gasteiger partial charge >= 0.3 is 0 Å².